The number of amides is 1. The summed E-state index contributed by atoms with van der Waals surface area (Å²) in [6.07, 6.45) is 4.85. The van der Waals surface area contributed by atoms with Crippen molar-refractivity contribution in [2.75, 3.05) is 26.2 Å². The Morgan fingerprint density at radius 3 is 2.55 bits per heavy atom. The largest absolute Gasteiger partial charge is 0.468 e. The Balaban J connectivity index is 1.52. The zero-order valence-electron chi connectivity index (χ0n) is 11.8. The fourth-order valence-electron chi connectivity index (χ4n) is 3.20. The first-order chi connectivity index (χ1) is 9.67. The molecular formula is C15H22N2O3. The molecule has 2 heterocycles. The minimum atomic E-state index is -1.08. The summed E-state index contributed by atoms with van der Waals surface area (Å²) in [4.78, 5) is 16.5. The predicted octanol–water partition coefficient (Wildman–Crippen LogP) is 1.23. The van der Waals surface area contributed by atoms with Crippen LogP contribution in [-0.2, 0) is 11.3 Å². The van der Waals surface area contributed by atoms with Crippen LogP contribution in [0.5, 0.6) is 0 Å². The Labute approximate surface area is 119 Å². The average molecular weight is 278 g/mol. The molecule has 5 heteroatoms. The smallest absolute Gasteiger partial charge is 0.254 e. The lowest BCUT2D eigenvalue weighted by molar-refractivity contribution is -0.152. The number of hydrogen-bond donors (Lipinski definition) is 1. The number of hydrogen-bond acceptors (Lipinski definition) is 4. The van der Waals surface area contributed by atoms with Gasteiger partial charge in [-0.05, 0) is 37.8 Å². The summed E-state index contributed by atoms with van der Waals surface area (Å²) >= 11 is 0. The monoisotopic (exact) mass is 278 g/mol. The first kappa shape index (κ1) is 13.6. The summed E-state index contributed by atoms with van der Waals surface area (Å²) in [6, 6.07) is 3.86. The van der Waals surface area contributed by atoms with Gasteiger partial charge < -0.3 is 14.4 Å². The third kappa shape index (κ3) is 2.74. The molecule has 5 nitrogen and oxygen atoms in total. The second-order valence-electron chi connectivity index (χ2n) is 5.89. The van der Waals surface area contributed by atoms with Gasteiger partial charge in [0.05, 0.1) is 12.8 Å². The van der Waals surface area contributed by atoms with Crippen molar-refractivity contribution in [1.29, 1.82) is 0 Å². The Morgan fingerprint density at radius 1 is 1.25 bits per heavy atom. The Bertz CT molecular complexity index is 444. The number of carbonyl (C=O) groups excluding carboxylic acids is 1. The Kier molecular flexibility index (Phi) is 3.81. The molecule has 0 unspecified atom stereocenters. The standard InChI is InChI=1S/C15H22N2O3/c18-14(15(19)5-1-2-6-15)17-9-7-16(8-10-17)12-13-4-3-11-20-13/h3-4,11,19H,1-2,5-10,12H2. The quantitative estimate of drug-likeness (QED) is 0.903. The van der Waals surface area contributed by atoms with E-state index in [4.69, 9.17) is 4.42 Å². The Hall–Kier alpha value is -1.33. The van der Waals surface area contributed by atoms with Crippen LogP contribution >= 0.6 is 0 Å². The van der Waals surface area contributed by atoms with Crippen molar-refractivity contribution in [3.63, 3.8) is 0 Å². The second-order valence-corrected chi connectivity index (χ2v) is 5.89. The lowest BCUT2D eigenvalue weighted by Gasteiger charge is -2.37. The van der Waals surface area contributed by atoms with Crippen molar-refractivity contribution in [3.8, 4) is 0 Å². The van der Waals surface area contributed by atoms with Crippen LogP contribution in [0, 0.1) is 0 Å². The van der Waals surface area contributed by atoms with E-state index in [1.165, 1.54) is 0 Å². The van der Waals surface area contributed by atoms with E-state index in [2.05, 4.69) is 4.90 Å². The van der Waals surface area contributed by atoms with Crippen molar-refractivity contribution in [3.05, 3.63) is 24.2 Å². The van der Waals surface area contributed by atoms with Gasteiger partial charge in [-0.25, -0.2) is 0 Å². The molecule has 20 heavy (non-hydrogen) atoms. The molecular weight excluding hydrogens is 256 g/mol. The normalized spacial score (nSPS) is 23.1. The molecule has 0 atom stereocenters. The minimum Gasteiger partial charge on any atom is -0.468 e. The number of carbonyl (C=O) groups is 1. The van der Waals surface area contributed by atoms with Gasteiger partial charge in [0.2, 0.25) is 0 Å². The SMILES string of the molecule is O=C(N1CCN(Cc2ccco2)CC1)C1(O)CCCC1. The molecule has 1 saturated carbocycles. The molecule has 1 aliphatic heterocycles. The molecule has 0 radical (unpaired) electrons. The van der Waals surface area contributed by atoms with E-state index in [9.17, 15) is 9.90 Å². The average Bonchev–Trinajstić information content (AvgIpc) is 3.11. The van der Waals surface area contributed by atoms with E-state index >= 15 is 0 Å². The summed E-state index contributed by atoms with van der Waals surface area (Å²) in [7, 11) is 0. The zero-order valence-corrected chi connectivity index (χ0v) is 11.8. The fraction of sp³-hybridized carbons (Fsp3) is 0.667. The van der Waals surface area contributed by atoms with Gasteiger partial charge in [-0.3, -0.25) is 9.69 Å². The van der Waals surface area contributed by atoms with Gasteiger partial charge in [-0.15, -0.1) is 0 Å². The van der Waals surface area contributed by atoms with Gasteiger partial charge in [0.15, 0.2) is 0 Å². The third-order valence-corrected chi connectivity index (χ3v) is 4.45. The molecule has 0 aromatic carbocycles. The minimum absolute atomic E-state index is 0.0624. The summed E-state index contributed by atoms with van der Waals surface area (Å²) in [6.45, 7) is 3.86. The number of rotatable bonds is 3. The van der Waals surface area contributed by atoms with E-state index in [1.54, 1.807) is 6.26 Å². The number of aliphatic hydroxyl groups is 1. The van der Waals surface area contributed by atoms with E-state index in [1.807, 2.05) is 17.0 Å². The predicted molar refractivity (Wildman–Crippen MR) is 74.0 cm³/mol. The van der Waals surface area contributed by atoms with Crippen molar-refractivity contribution >= 4 is 5.91 Å². The van der Waals surface area contributed by atoms with E-state index < -0.39 is 5.60 Å². The topological polar surface area (TPSA) is 56.9 Å². The highest BCUT2D eigenvalue weighted by Crippen LogP contribution is 2.31. The van der Waals surface area contributed by atoms with Crippen molar-refractivity contribution in [2.45, 2.75) is 37.8 Å². The summed E-state index contributed by atoms with van der Waals surface area (Å²) < 4.78 is 5.35. The summed E-state index contributed by atoms with van der Waals surface area (Å²) in [5.41, 5.74) is -1.08. The van der Waals surface area contributed by atoms with Crippen LogP contribution in [0.1, 0.15) is 31.4 Å². The zero-order chi connectivity index (χ0) is 14.0. The number of furan rings is 1. The van der Waals surface area contributed by atoms with Gasteiger partial charge in [0.25, 0.3) is 5.91 Å². The van der Waals surface area contributed by atoms with Gasteiger partial charge >= 0.3 is 0 Å². The van der Waals surface area contributed by atoms with Gasteiger partial charge in [-0.1, -0.05) is 0 Å². The maximum atomic E-state index is 12.4. The van der Waals surface area contributed by atoms with Crippen molar-refractivity contribution in [1.82, 2.24) is 9.80 Å². The molecule has 1 aromatic heterocycles. The first-order valence-corrected chi connectivity index (χ1v) is 7.44. The third-order valence-electron chi connectivity index (χ3n) is 4.45. The molecule has 0 bridgehead atoms. The van der Waals surface area contributed by atoms with Crippen LogP contribution in [0.4, 0.5) is 0 Å². The van der Waals surface area contributed by atoms with Crippen LogP contribution < -0.4 is 0 Å². The van der Waals surface area contributed by atoms with E-state index in [0.29, 0.717) is 25.9 Å². The highest BCUT2D eigenvalue weighted by molar-refractivity contribution is 5.85. The Morgan fingerprint density at radius 2 is 1.95 bits per heavy atom. The molecule has 2 aliphatic rings. The second kappa shape index (κ2) is 5.58. The lowest BCUT2D eigenvalue weighted by Crippen LogP contribution is -2.54. The van der Waals surface area contributed by atoms with E-state index in [0.717, 1.165) is 38.2 Å². The van der Waals surface area contributed by atoms with Crippen LogP contribution in [0.15, 0.2) is 22.8 Å². The fourth-order valence-corrected chi connectivity index (χ4v) is 3.20. The molecule has 1 aromatic rings. The highest BCUT2D eigenvalue weighted by Gasteiger charge is 2.42. The summed E-state index contributed by atoms with van der Waals surface area (Å²) in [5, 5.41) is 10.4. The maximum absolute atomic E-state index is 12.4. The van der Waals surface area contributed by atoms with E-state index in [-0.39, 0.29) is 5.91 Å². The van der Waals surface area contributed by atoms with Crippen molar-refractivity contribution < 1.29 is 14.3 Å². The summed E-state index contributed by atoms with van der Waals surface area (Å²) in [5.74, 6) is 0.895. The number of nitrogens with zero attached hydrogens (tertiary/aromatic N) is 2. The van der Waals surface area contributed by atoms with Crippen LogP contribution in [0.2, 0.25) is 0 Å². The van der Waals surface area contributed by atoms with Gasteiger partial charge in [0.1, 0.15) is 11.4 Å². The number of piperazine rings is 1. The van der Waals surface area contributed by atoms with Gasteiger partial charge in [0, 0.05) is 26.2 Å². The van der Waals surface area contributed by atoms with Gasteiger partial charge in [-0.2, -0.15) is 0 Å². The maximum Gasteiger partial charge on any atom is 0.254 e. The van der Waals surface area contributed by atoms with Crippen molar-refractivity contribution in [2.24, 2.45) is 0 Å². The van der Waals surface area contributed by atoms with Crippen LogP contribution in [0.3, 0.4) is 0 Å². The van der Waals surface area contributed by atoms with Crippen LogP contribution in [0.25, 0.3) is 0 Å². The molecule has 1 amide bonds. The molecule has 1 saturated heterocycles. The molecule has 1 N–H and O–H groups in total. The molecule has 2 fully saturated rings. The lowest BCUT2D eigenvalue weighted by atomic mass is 10.00. The molecule has 0 spiro atoms. The molecule has 1 aliphatic carbocycles. The first-order valence-electron chi connectivity index (χ1n) is 7.44. The molecule has 110 valence electrons. The highest BCUT2D eigenvalue weighted by atomic mass is 16.3. The molecule has 3 rings (SSSR count). The van der Waals surface area contributed by atoms with Crippen LogP contribution in [-0.4, -0.2) is 52.6 Å².